The molecule has 0 radical (unpaired) electrons. The van der Waals surface area contributed by atoms with E-state index in [1.165, 1.54) is 0 Å². The quantitative estimate of drug-likeness (QED) is 0.655. The number of aliphatic hydroxyl groups excluding tert-OH is 1. The SMILES string of the molecule is CCOCCC(=O)N1CCC[C@H]1CO. The fraction of sp³-hybridized carbons (Fsp3) is 0.900. The van der Waals surface area contributed by atoms with Crippen molar-refractivity contribution in [3.05, 3.63) is 0 Å². The van der Waals surface area contributed by atoms with Gasteiger partial charge in [-0.3, -0.25) is 4.79 Å². The van der Waals surface area contributed by atoms with E-state index < -0.39 is 0 Å². The van der Waals surface area contributed by atoms with Crippen LogP contribution >= 0.6 is 0 Å². The third-order valence-electron chi connectivity index (χ3n) is 2.57. The van der Waals surface area contributed by atoms with Crippen LogP contribution in [0.25, 0.3) is 0 Å². The van der Waals surface area contributed by atoms with Crippen molar-refractivity contribution in [3.8, 4) is 0 Å². The third-order valence-corrected chi connectivity index (χ3v) is 2.57. The number of amides is 1. The van der Waals surface area contributed by atoms with Gasteiger partial charge >= 0.3 is 0 Å². The van der Waals surface area contributed by atoms with Crippen molar-refractivity contribution >= 4 is 5.91 Å². The van der Waals surface area contributed by atoms with Crippen molar-refractivity contribution < 1.29 is 14.6 Å². The van der Waals surface area contributed by atoms with Crippen molar-refractivity contribution in [2.45, 2.75) is 32.2 Å². The van der Waals surface area contributed by atoms with Crippen molar-refractivity contribution in [3.63, 3.8) is 0 Å². The molecule has 1 heterocycles. The molecule has 0 aromatic carbocycles. The predicted octanol–water partition coefficient (Wildman–Crippen LogP) is 0.396. The summed E-state index contributed by atoms with van der Waals surface area (Å²) in [5, 5.41) is 9.03. The van der Waals surface area contributed by atoms with Crippen molar-refractivity contribution in [1.82, 2.24) is 4.90 Å². The number of carbonyl (C=O) groups is 1. The Bertz CT molecular complexity index is 184. The van der Waals surface area contributed by atoms with E-state index in [0.29, 0.717) is 19.6 Å². The fourth-order valence-corrected chi connectivity index (χ4v) is 1.80. The summed E-state index contributed by atoms with van der Waals surface area (Å²) in [7, 11) is 0. The molecule has 1 N–H and O–H groups in total. The van der Waals surface area contributed by atoms with E-state index in [-0.39, 0.29) is 18.6 Å². The van der Waals surface area contributed by atoms with Crippen LogP contribution in [-0.4, -0.2) is 48.3 Å². The standard InChI is InChI=1S/C10H19NO3/c1-2-14-7-5-10(13)11-6-3-4-9(11)8-12/h9,12H,2-8H2,1H3/t9-/m0/s1. The number of hydrogen-bond donors (Lipinski definition) is 1. The monoisotopic (exact) mass is 201 g/mol. The summed E-state index contributed by atoms with van der Waals surface area (Å²) in [5.74, 6) is 0.106. The number of likely N-dealkylation sites (tertiary alicyclic amines) is 1. The Balaban J connectivity index is 2.28. The Hall–Kier alpha value is -0.610. The van der Waals surface area contributed by atoms with Gasteiger partial charge in [0.2, 0.25) is 5.91 Å². The first-order valence-corrected chi connectivity index (χ1v) is 5.27. The molecule has 0 aliphatic carbocycles. The van der Waals surface area contributed by atoms with Crippen molar-refractivity contribution in [1.29, 1.82) is 0 Å². The maximum atomic E-state index is 11.6. The molecule has 1 atom stereocenters. The highest BCUT2D eigenvalue weighted by Gasteiger charge is 2.27. The van der Waals surface area contributed by atoms with Gasteiger partial charge < -0.3 is 14.7 Å². The Morgan fingerprint density at radius 2 is 2.43 bits per heavy atom. The van der Waals surface area contributed by atoms with Crippen LogP contribution in [0.1, 0.15) is 26.2 Å². The zero-order chi connectivity index (χ0) is 10.4. The van der Waals surface area contributed by atoms with Crippen LogP contribution in [-0.2, 0) is 9.53 Å². The molecule has 0 spiro atoms. The highest BCUT2D eigenvalue weighted by atomic mass is 16.5. The van der Waals surface area contributed by atoms with Crippen LogP contribution in [0.5, 0.6) is 0 Å². The number of ether oxygens (including phenoxy) is 1. The Morgan fingerprint density at radius 1 is 1.64 bits per heavy atom. The average molecular weight is 201 g/mol. The highest BCUT2D eigenvalue weighted by molar-refractivity contribution is 5.76. The van der Waals surface area contributed by atoms with Crippen LogP contribution in [0.15, 0.2) is 0 Å². The molecule has 0 aromatic rings. The van der Waals surface area contributed by atoms with Gasteiger partial charge in [-0.15, -0.1) is 0 Å². The van der Waals surface area contributed by atoms with Crippen molar-refractivity contribution in [2.24, 2.45) is 0 Å². The number of hydrogen-bond acceptors (Lipinski definition) is 3. The van der Waals surface area contributed by atoms with E-state index in [1.54, 1.807) is 4.90 Å². The molecule has 1 rings (SSSR count). The third kappa shape index (κ3) is 2.96. The van der Waals surface area contributed by atoms with Crippen LogP contribution < -0.4 is 0 Å². The summed E-state index contributed by atoms with van der Waals surface area (Å²) in [4.78, 5) is 13.4. The molecule has 1 saturated heterocycles. The lowest BCUT2D eigenvalue weighted by molar-refractivity contribution is -0.133. The first-order chi connectivity index (χ1) is 6.79. The highest BCUT2D eigenvalue weighted by Crippen LogP contribution is 2.17. The second-order valence-corrected chi connectivity index (χ2v) is 3.51. The van der Waals surface area contributed by atoms with Gasteiger partial charge in [-0.1, -0.05) is 0 Å². The molecule has 0 saturated carbocycles. The lowest BCUT2D eigenvalue weighted by atomic mass is 10.2. The van der Waals surface area contributed by atoms with E-state index in [9.17, 15) is 4.79 Å². The maximum absolute atomic E-state index is 11.6. The van der Waals surface area contributed by atoms with Gasteiger partial charge in [0.15, 0.2) is 0 Å². The molecule has 0 bridgehead atoms. The Labute approximate surface area is 84.8 Å². The van der Waals surface area contributed by atoms with E-state index in [4.69, 9.17) is 9.84 Å². The smallest absolute Gasteiger partial charge is 0.225 e. The number of carbonyl (C=O) groups excluding carboxylic acids is 1. The molecule has 4 heteroatoms. The first kappa shape index (κ1) is 11.5. The van der Waals surface area contributed by atoms with Gasteiger partial charge in [0.1, 0.15) is 0 Å². The van der Waals surface area contributed by atoms with Crippen LogP contribution in [0, 0.1) is 0 Å². The average Bonchev–Trinajstić information content (AvgIpc) is 2.65. The largest absolute Gasteiger partial charge is 0.394 e. The zero-order valence-electron chi connectivity index (χ0n) is 8.74. The van der Waals surface area contributed by atoms with Crippen LogP contribution in [0.4, 0.5) is 0 Å². The predicted molar refractivity (Wildman–Crippen MR) is 52.9 cm³/mol. The molecule has 1 aliphatic rings. The topological polar surface area (TPSA) is 49.8 Å². The van der Waals surface area contributed by atoms with Crippen LogP contribution in [0.3, 0.4) is 0 Å². The van der Waals surface area contributed by atoms with Gasteiger partial charge in [0, 0.05) is 13.2 Å². The minimum atomic E-state index is 0.0455. The Morgan fingerprint density at radius 3 is 3.07 bits per heavy atom. The molecule has 1 aliphatic heterocycles. The molecule has 1 amide bonds. The minimum absolute atomic E-state index is 0.0455. The molecule has 0 unspecified atom stereocenters. The molecular formula is C10H19NO3. The van der Waals surface area contributed by atoms with E-state index in [1.807, 2.05) is 6.92 Å². The molecule has 0 aromatic heterocycles. The summed E-state index contributed by atoms with van der Waals surface area (Å²) in [6.07, 6.45) is 2.37. The normalized spacial score (nSPS) is 21.6. The van der Waals surface area contributed by atoms with Gasteiger partial charge in [-0.2, -0.15) is 0 Å². The molecule has 82 valence electrons. The van der Waals surface area contributed by atoms with Gasteiger partial charge in [-0.25, -0.2) is 0 Å². The molecule has 4 nitrogen and oxygen atoms in total. The molecule has 1 fully saturated rings. The molecule has 14 heavy (non-hydrogen) atoms. The first-order valence-electron chi connectivity index (χ1n) is 5.27. The number of rotatable bonds is 5. The summed E-state index contributed by atoms with van der Waals surface area (Å²) in [5.41, 5.74) is 0. The summed E-state index contributed by atoms with van der Waals surface area (Å²) in [6.45, 7) is 3.92. The van der Waals surface area contributed by atoms with Crippen LogP contribution in [0.2, 0.25) is 0 Å². The van der Waals surface area contributed by atoms with E-state index in [0.717, 1.165) is 19.4 Å². The number of aliphatic hydroxyl groups is 1. The Kier molecular flexibility index (Phi) is 4.90. The molecular weight excluding hydrogens is 182 g/mol. The lowest BCUT2D eigenvalue weighted by Crippen LogP contribution is -2.38. The summed E-state index contributed by atoms with van der Waals surface area (Å²) >= 11 is 0. The summed E-state index contributed by atoms with van der Waals surface area (Å²) < 4.78 is 5.12. The van der Waals surface area contributed by atoms with E-state index in [2.05, 4.69) is 0 Å². The van der Waals surface area contributed by atoms with Gasteiger partial charge in [0.25, 0.3) is 0 Å². The second kappa shape index (κ2) is 5.98. The second-order valence-electron chi connectivity index (χ2n) is 3.51. The van der Waals surface area contributed by atoms with Gasteiger partial charge in [0.05, 0.1) is 25.7 Å². The van der Waals surface area contributed by atoms with Gasteiger partial charge in [-0.05, 0) is 19.8 Å². The minimum Gasteiger partial charge on any atom is -0.394 e. The van der Waals surface area contributed by atoms with Crippen molar-refractivity contribution in [2.75, 3.05) is 26.4 Å². The zero-order valence-corrected chi connectivity index (χ0v) is 8.74. The van der Waals surface area contributed by atoms with E-state index >= 15 is 0 Å². The fourth-order valence-electron chi connectivity index (χ4n) is 1.80. The lowest BCUT2D eigenvalue weighted by Gasteiger charge is -2.22. The maximum Gasteiger partial charge on any atom is 0.225 e. The summed E-state index contributed by atoms with van der Waals surface area (Å²) in [6, 6.07) is 0.0455. The number of nitrogens with zero attached hydrogens (tertiary/aromatic N) is 1.